The fourth-order valence-corrected chi connectivity index (χ4v) is 4.98. The molecule has 160 valence electrons. The molecule has 3 heterocycles. The number of thioether (sulfide) groups is 1. The number of para-hydroxylation sites is 1. The standard InChI is InChI=1S/C23H23N3O3S2/c1-15(2)12-26-22(28)20(31-23(26)29)10-16-13-25(19-8-4-3-7-18(16)19)14-21(27)24-11-17-6-5-9-30-17/h3-10,13,15H,11-12,14H2,1-2H3,(H,24,27)/b20-10-. The zero-order chi connectivity index (χ0) is 22.0. The zero-order valence-corrected chi connectivity index (χ0v) is 19.0. The maximum atomic E-state index is 12.7. The Bertz CT molecular complexity index is 1160. The first-order chi connectivity index (χ1) is 14.9. The van der Waals surface area contributed by atoms with Gasteiger partial charge in [-0.3, -0.25) is 19.3 Å². The molecule has 0 spiro atoms. The van der Waals surface area contributed by atoms with Crippen LogP contribution in [0.25, 0.3) is 17.0 Å². The number of hydrogen-bond donors (Lipinski definition) is 1. The summed E-state index contributed by atoms with van der Waals surface area (Å²) in [6.45, 7) is 5.04. The Labute approximate surface area is 188 Å². The van der Waals surface area contributed by atoms with E-state index in [-0.39, 0.29) is 29.5 Å². The Morgan fingerprint density at radius 3 is 2.71 bits per heavy atom. The van der Waals surface area contributed by atoms with Gasteiger partial charge in [-0.25, -0.2) is 0 Å². The molecule has 31 heavy (non-hydrogen) atoms. The molecule has 0 atom stereocenters. The first-order valence-corrected chi connectivity index (χ1v) is 11.7. The average Bonchev–Trinajstić information content (AvgIpc) is 3.43. The smallest absolute Gasteiger partial charge is 0.293 e. The number of hydrogen-bond acceptors (Lipinski definition) is 5. The van der Waals surface area contributed by atoms with E-state index in [1.54, 1.807) is 17.4 Å². The number of amides is 3. The Balaban J connectivity index is 1.57. The minimum atomic E-state index is -0.255. The van der Waals surface area contributed by atoms with Crippen LogP contribution in [0, 0.1) is 5.92 Å². The quantitative estimate of drug-likeness (QED) is 0.526. The average molecular weight is 454 g/mol. The lowest BCUT2D eigenvalue weighted by molar-refractivity contribution is -0.123. The second-order valence-corrected chi connectivity index (χ2v) is 9.80. The van der Waals surface area contributed by atoms with Crippen LogP contribution in [-0.4, -0.2) is 33.1 Å². The Morgan fingerprint density at radius 2 is 1.97 bits per heavy atom. The Kier molecular flexibility index (Phi) is 6.29. The molecule has 4 rings (SSSR count). The van der Waals surface area contributed by atoms with Gasteiger partial charge in [-0.15, -0.1) is 11.3 Å². The van der Waals surface area contributed by atoms with Crippen molar-refractivity contribution in [1.29, 1.82) is 0 Å². The van der Waals surface area contributed by atoms with Gasteiger partial charge in [0, 0.05) is 34.1 Å². The molecule has 6 nitrogen and oxygen atoms in total. The van der Waals surface area contributed by atoms with Crippen LogP contribution in [-0.2, 0) is 22.7 Å². The highest BCUT2D eigenvalue weighted by Gasteiger charge is 2.35. The first-order valence-electron chi connectivity index (χ1n) is 10.0. The highest BCUT2D eigenvalue weighted by atomic mass is 32.2. The van der Waals surface area contributed by atoms with E-state index in [4.69, 9.17) is 0 Å². The van der Waals surface area contributed by atoms with E-state index in [0.29, 0.717) is 18.0 Å². The highest BCUT2D eigenvalue weighted by Crippen LogP contribution is 2.34. The van der Waals surface area contributed by atoms with E-state index < -0.39 is 0 Å². The van der Waals surface area contributed by atoms with Crippen LogP contribution in [0.1, 0.15) is 24.3 Å². The number of thiophene rings is 1. The number of nitrogens with one attached hydrogen (secondary N) is 1. The molecule has 1 aliphatic heterocycles. The van der Waals surface area contributed by atoms with E-state index in [1.165, 1.54) is 4.90 Å². The summed E-state index contributed by atoms with van der Waals surface area (Å²) in [6.07, 6.45) is 3.62. The van der Waals surface area contributed by atoms with E-state index in [2.05, 4.69) is 5.32 Å². The molecule has 0 saturated carbocycles. The minimum absolute atomic E-state index is 0.0852. The SMILES string of the molecule is CC(C)CN1C(=O)S/C(=C\c2cn(CC(=O)NCc3cccs3)c3ccccc23)C1=O. The largest absolute Gasteiger partial charge is 0.350 e. The third kappa shape index (κ3) is 4.75. The van der Waals surface area contributed by atoms with Crippen LogP contribution in [0.5, 0.6) is 0 Å². The van der Waals surface area contributed by atoms with Crippen molar-refractivity contribution in [2.45, 2.75) is 26.9 Å². The molecule has 0 aliphatic carbocycles. The van der Waals surface area contributed by atoms with E-state index in [9.17, 15) is 14.4 Å². The van der Waals surface area contributed by atoms with Gasteiger partial charge in [-0.05, 0) is 41.3 Å². The van der Waals surface area contributed by atoms with Gasteiger partial charge in [0.05, 0.1) is 11.4 Å². The van der Waals surface area contributed by atoms with Crippen molar-refractivity contribution >= 4 is 57.1 Å². The highest BCUT2D eigenvalue weighted by molar-refractivity contribution is 8.18. The van der Waals surface area contributed by atoms with Gasteiger partial charge in [-0.1, -0.05) is 38.1 Å². The summed E-state index contributed by atoms with van der Waals surface area (Å²) >= 11 is 2.57. The lowest BCUT2D eigenvalue weighted by atomic mass is 10.1. The van der Waals surface area contributed by atoms with Crippen LogP contribution in [0.3, 0.4) is 0 Å². The molecule has 2 aromatic heterocycles. The second kappa shape index (κ2) is 9.11. The molecule has 1 aromatic carbocycles. The first kappa shape index (κ1) is 21.4. The third-order valence-corrected chi connectivity index (χ3v) is 6.66. The zero-order valence-electron chi connectivity index (χ0n) is 17.3. The van der Waals surface area contributed by atoms with Crippen molar-refractivity contribution in [3.63, 3.8) is 0 Å². The van der Waals surface area contributed by atoms with E-state index >= 15 is 0 Å². The van der Waals surface area contributed by atoms with E-state index in [0.717, 1.165) is 33.1 Å². The molecular formula is C23H23N3O3S2. The number of rotatable bonds is 7. The van der Waals surface area contributed by atoms with Gasteiger partial charge >= 0.3 is 0 Å². The molecule has 0 unspecified atom stereocenters. The monoisotopic (exact) mass is 453 g/mol. The summed E-state index contributed by atoms with van der Waals surface area (Å²) in [4.78, 5) is 40.3. The predicted molar refractivity (Wildman–Crippen MR) is 126 cm³/mol. The van der Waals surface area contributed by atoms with Crippen molar-refractivity contribution in [2.75, 3.05) is 6.54 Å². The van der Waals surface area contributed by atoms with Crippen molar-refractivity contribution in [3.8, 4) is 0 Å². The number of imide groups is 1. The number of fused-ring (bicyclic) bond motifs is 1. The Morgan fingerprint density at radius 1 is 1.16 bits per heavy atom. The number of carbonyl (C=O) groups excluding carboxylic acids is 3. The predicted octanol–water partition coefficient (Wildman–Crippen LogP) is 4.71. The molecule has 1 fully saturated rings. The number of benzene rings is 1. The molecule has 3 aromatic rings. The maximum absolute atomic E-state index is 12.7. The van der Waals surface area contributed by atoms with Crippen molar-refractivity contribution in [3.05, 3.63) is 63.3 Å². The summed E-state index contributed by atoms with van der Waals surface area (Å²) in [5, 5.41) is 5.63. The van der Waals surface area contributed by atoms with Crippen LogP contribution >= 0.6 is 23.1 Å². The molecule has 0 radical (unpaired) electrons. The van der Waals surface area contributed by atoms with Crippen molar-refractivity contribution in [2.24, 2.45) is 5.92 Å². The van der Waals surface area contributed by atoms with Gasteiger partial charge in [0.1, 0.15) is 6.54 Å². The van der Waals surface area contributed by atoms with Crippen molar-refractivity contribution in [1.82, 2.24) is 14.8 Å². The molecular weight excluding hydrogens is 430 g/mol. The summed E-state index contributed by atoms with van der Waals surface area (Å²) < 4.78 is 1.88. The molecule has 8 heteroatoms. The molecule has 1 saturated heterocycles. The van der Waals surface area contributed by atoms with Gasteiger partial charge in [0.2, 0.25) is 5.91 Å². The molecule has 3 amide bonds. The van der Waals surface area contributed by atoms with Gasteiger partial charge in [-0.2, -0.15) is 0 Å². The summed E-state index contributed by atoms with van der Waals surface area (Å²) in [5.41, 5.74) is 1.72. The van der Waals surface area contributed by atoms with Gasteiger partial charge in [0.25, 0.3) is 11.1 Å². The summed E-state index contributed by atoms with van der Waals surface area (Å²) in [6, 6.07) is 11.7. The summed E-state index contributed by atoms with van der Waals surface area (Å²) in [5.74, 6) is -0.130. The van der Waals surface area contributed by atoms with Crippen molar-refractivity contribution < 1.29 is 14.4 Å². The van der Waals surface area contributed by atoms with E-state index in [1.807, 2.05) is 66.4 Å². The minimum Gasteiger partial charge on any atom is -0.350 e. The summed E-state index contributed by atoms with van der Waals surface area (Å²) in [7, 11) is 0. The normalized spacial score (nSPS) is 15.6. The van der Waals surface area contributed by atoms with Gasteiger partial charge in [0.15, 0.2) is 0 Å². The second-order valence-electron chi connectivity index (χ2n) is 7.77. The molecule has 1 N–H and O–H groups in total. The van der Waals surface area contributed by atoms with Crippen LogP contribution in [0.4, 0.5) is 4.79 Å². The third-order valence-electron chi connectivity index (χ3n) is 4.88. The fourth-order valence-electron chi connectivity index (χ4n) is 3.49. The Hall–Kier alpha value is -2.84. The number of aromatic nitrogens is 1. The number of carbonyl (C=O) groups is 3. The lowest BCUT2D eigenvalue weighted by Crippen LogP contribution is -2.31. The molecule has 0 bridgehead atoms. The number of nitrogens with zero attached hydrogens (tertiary/aromatic N) is 2. The lowest BCUT2D eigenvalue weighted by Gasteiger charge is -2.14. The maximum Gasteiger partial charge on any atom is 0.293 e. The van der Waals surface area contributed by atoms with Crippen LogP contribution < -0.4 is 5.32 Å². The van der Waals surface area contributed by atoms with Gasteiger partial charge < -0.3 is 9.88 Å². The fraction of sp³-hybridized carbons (Fsp3) is 0.261. The topological polar surface area (TPSA) is 71.4 Å². The van der Waals surface area contributed by atoms with Crippen LogP contribution in [0.2, 0.25) is 0 Å². The van der Waals surface area contributed by atoms with Crippen LogP contribution in [0.15, 0.2) is 52.9 Å². The molecule has 1 aliphatic rings.